The van der Waals surface area contributed by atoms with Crippen LogP contribution in [0.4, 0.5) is 0 Å². The summed E-state index contributed by atoms with van der Waals surface area (Å²) in [7, 11) is 0. The summed E-state index contributed by atoms with van der Waals surface area (Å²) in [5.74, 6) is 0. The monoisotopic (exact) mass is 401 g/mol. The summed E-state index contributed by atoms with van der Waals surface area (Å²) in [6, 6.07) is 22.5. The van der Waals surface area contributed by atoms with Gasteiger partial charge in [0.25, 0.3) is 0 Å². The van der Waals surface area contributed by atoms with Gasteiger partial charge in [-0.25, -0.2) is 15.0 Å². The predicted molar refractivity (Wildman–Crippen MR) is 129 cm³/mol. The average Bonchev–Trinajstić information content (AvgIpc) is 2.81. The molecule has 5 nitrogen and oxygen atoms in total. The number of fused-ring (bicyclic) bond motifs is 3. The molecule has 0 unspecified atom stereocenters. The molecule has 0 atom stereocenters. The molecule has 0 aliphatic rings. The lowest BCUT2D eigenvalue weighted by Gasteiger charge is -2.07. The van der Waals surface area contributed by atoms with E-state index in [9.17, 15) is 0 Å². The van der Waals surface area contributed by atoms with E-state index in [0.29, 0.717) is 0 Å². The Hall–Kier alpha value is -4.25. The van der Waals surface area contributed by atoms with Crippen molar-refractivity contribution >= 4 is 51.5 Å². The zero-order valence-electron chi connectivity index (χ0n) is 17.0. The van der Waals surface area contributed by atoms with Gasteiger partial charge in [0.05, 0.1) is 34.0 Å². The quantitative estimate of drug-likeness (QED) is 0.208. The molecular weight excluding hydrogens is 382 g/mol. The molecule has 0 spiro atoms. The predicted octanol–water partition coefficient (Wildman–Crippen LogP) is 6.09. The van der Waals surface area contributed by atoms with Crippen molar-refractivity contribution in [2.45, 2.75) is 6.92 Å². The largest absolute Gasteiger partial charge is 0.253 e. The first-order valence-electron chi connectivity index (χ1n) is 9.93. The summed E-state index contributed by atoms with van der Waals surface area (Å²) < 4.78 is 0. The zero-order chi connectivity index (χ0) is 21.2. The minimum Gasteiger partial charge on any atom is -0.253 e. The molecule has 0 N–H and O–H groups in total. The van der Waals surface area contributed by atoms with Crippen LogP contribution in [-0.4, -0.2) is 28.0 Å². The molecule has 5 aromatic rings. The van der Waals surface area contributed by atoms with E-state index in [4.69, 9.17) is 9.97 Å². The van der Waals surface area contributed by atoms with E-state index in [-0.39, 0.29) is 0 Å². The lowest BCUT2D eigenvalue weighted by molar-refractivity contribution is 1.29. The highest BCUT2D eigenvalue weighted by molar-refractivity contribution is 5.95. The number of benzene rings is 3. The van der Waals surface area contributed by atoms with Crippen molar-refractivity contribution in [3.8, 4) is 11.3 Å². The molecule has 31 heavy (non-hydrogen) atoms. The Balaban J connectivity index is 1.59. The Labute approximate surface area is 179 Å². The molecule has 148 valence electrons. The summed E-state index contributed by atoms with van der Waals surface area (Å²) in [5.41, 5.74) is 7.69. The number of nitrogens with zero attached hydrogens (tertiary/aromatic N) is 5. The van der Waals surface area contributed by atoms with Gasteiger partial charge in [-0.3, -0.25) is 9.98 Å². The number of aromatic nitrogens is 3. The van der Waals surface area contributed by atoms with E-state index in [1.807, 2.05) is 55.6 Å². The van der Waals surface area contributed by atoms with Crippen molar-refractivity contribution in [3.63, 3.8) is 0 Å². The van der Waals surface area contributed by atoms with E-state index < -0.39 is 0 Å². The number of hydrogen-bond donors (Lipinski definition) is 0. The average molecular weight is 401 g/mol. The molecule has 0 fully saturated rings. The van der Waals surface area contributed by atoms with Gasteiger partial charge in [-0.2, -0.15) is 0 Å². The highest BCUT2D eigenvalue weighted by Crippen LogP contribution is 2.27. The highest BCUT2D eigenvalue weighted by Gasteiger charge is 2.07. The first-order valence-corrected chi connectivity index (χ1v) is 9.93. The normalized spacial score (nSPS) is 12.2. The summed E-state index contributed by atoms with van der Waals surface area (Å²) in [4.78, 5) is 21.9. The molecule has 0 radical (unpaired) electrons. The number of rotatable bonds is 4. The van der Waals surface area contributed by atoms with Crippen LogP contribution < -0.4 is 0 Å². The second-order valence-corrected chi connectivity index (χ2v) is 7.31. The third-order valence-electron chi connectivity index (χ3n) is 5.22. The molecule has 0 saturated carbocycles. The van der Waals surface area contributed by atoms with Gasteiger partial charge in [-0.1, -0.05) is 24.3 Å². The maximum Gasteiger partial charge on any atom is 0.114 e. The first kappa shape index (κ1) is 18.8. The van der Waals surface area contributed by atoms with E-state index in [1.165, 1.54) is 6.34 Å². The number of hydrogen-bond acceptors (Lipinski definition) is 4. The van der Waals surface area contributed by atoms with Crippen LogP contribution in [0.5, 0.6) is 0 Å². The molecule has 2 aromatic heterocycles. The summed E-state index contributed by atoms with van der Waals surface area (Å²) in [6.07, 6.45) is 5.03. The number of aliphatic imine (C=N–C) groups is 2. The number of allylic oxidation sites excluding steroid dienone is 1. The molecule has 0 aliphatic carbocycles. The fraction of sp³-hybridized carbons (Fsp3) is 0.0385. The molecule has 5 rings (SSSR count). The van der Waals surface area contributed by atoms with Crippen LogP contribution in [0, 0.1) is 0 Å². The fourth-order valence-corrected chi connectivity index (χ4v) is 3.61. The minimum atomic E-state index is 0.849. The van der Waals surface area contributed by atoms with Crippen molar-refractivity contribution in [3.05, 3.63) is 84.7 Å². The molecule has 0 saturated heterocycles. The van der Waals surface area contributed by atoms with Crippen LogP contribution >= 0.6 is 0 Å². The van der Waals surface area contributed by atoms with Crippen LogP contribution in [0.3, 0.4) is 0 Å². The van der Waals surface area contributed by atoms with Crippen molar-refractivity contribution in [2.75, 3.05) is 0 Å². The third kappa shape index (κ3) is 3.69. The molecule has 3 aromatic carbocycles. The maximum atomic E-state index is 4.83. The Bertz CT molecular complexity index is 1520. The lowest BCUT2D eigenvalue weighted by Crippen LogP contribution is -1.90. The summed E-state index contributed by atoms with van der Waals surface area (Å²) in [6.45, 7) is 5.42. The van der Waals surface area contributed by atoms with E-state index in [1.54, 1.807) is 6.20 Å². The van der Waals surface area contributed by atoms with Crippen molar-refractivity contribution in [2.24, 2.45) is 9.98 Å². The number of para-hydroxylation sites is 2. The topological polar surface area (TPSA) is 63.4 Å². The van der Waals surface area contributed by atoms with Crippen LogP contribution in [0.1, 0.15) is 12.5 Å². The van der Waals surface area contributed by atoms with Crippen molar-refractivity contribution in [1.29, 1.82) is 0 Å². The van der Waals surface area contributed by atoms with E-state index in [0.717, 1.165) is 55.2 Å². The SMILES string of the molecule is C=NC=N/C=C(\C)c1ccc2nc3ccc(-c4cnc5ccccc5n4)cc3cc2c1. The Morgan fingerprint density at radius 2 is 1.61 bits per heavy atom. The second-order valence-electron chi connectivity index (χ2n) is 7.31. The minimum absolute atomic E-state index is 0.849. The zero-order valence-corrected chi connectivity index (χ0v) is 17.0. The van der Waals surface area contributed by atoms with Gasteiger partial charge in [0, 0.05) is 22.5 Å². The molecule has 2 heterocycles. The van der Waals surface area contributed by atoms with Crippen LogP contribution in [0.2, 0.25) is 0 Å². The molecular formula is C26H19N5. The van der Waals surface area contributed by atoms with Gasteiger partial charge in [0.1, 0.15) is 6.34 Å². The maximum absolute atomic E-state index is 4.83. The van der Waals surface area contributed by atoms with E-state index >= 15 is 0 Å². The molecule has 0 aliphatic heterocycles. The molecule has 5 heteroatoms. The molecule has 0 amide bonds. The summed E-state index contributed by atoms with van der Waals surface area (Å²) in [5, 5.41) is 2.14. The van der Waals surface area contributed by atoms with Crippen LogP contribution in [0.25, 0.3) is 49.7 Å². The van der Waals surface area contributed by atoms with Crippen LogP contribution in [-0.2, 0) is 0 Å². The summed E-state index contributed by atoms with van der Waals surface area (Å²) >= 11 is 0. The highest BCUT2D eigenvalue weighted by atomic mass is 14.8. The third-order valence-corrected chi connectivity index (χ3v) is 5.22. The fourth-order valence-electron chi connectivity index (χ4n) is 3.61. The second kappa shape index (κ2) is 7.88. The van der Waals surface area contributed by atoms with Crippen molar-refractivity contribution in [1.82, 2.24) is 15.0 Å². The Kier molecular flexibility index (Phi) is 4.77. The standard InChI is InChI=1S/C26H19N5/c1-17(14-28-16-27-2)18-7-9-22-20(11-18)13-21-12-19(8-10-23(21)30-22)26-15-29-24-5-3-4-6-25(24)31-26/h3-16H,2H2,1H3/b17-14+,28-16?. The lowest BCUT2D eigenvalue weighted by atomic mass is 10.0. The Morgan fingerprint density at radius 3 is 2.45 bits per heavy atom. The van der Waals surface area contributed by atoms with Gasteiger partial charge < -0.3 is 0 Å². The molecule has 0 bridgehead atoms. The Morgan fingerprint density at radius 1 is 0.839 bits per heavy atom. The smallest absolute Gasteiger partial charge is 0.114 e. The van der Waals surface area contributed by atoms with Gasteiger partial charge in [0.15, 0.2) is 0 Å². The van der Waals surface area contributed by atoms with Crippen LogP contribution in [0.15, 0.2) is 89.1 Å². The van der Waals surface area contributed by atoms with E-state index in [2.05, 4.69) is 46.0 Å². The van der Waals surface area contributed by atoms with Gasteiger partial charge in [-0.05, 0) is 67.2 Å². The number of pyridine rings is 1. The first-order chi connectivity index (χ1) is 15.2. The van der Waals surface area contributed by atoms with Gasteiger partial charge >= 0.3 is 0 Å². The van der Waals surface area contributed by atoms with Crippen molar-refractivity contribution < 1.29 is 0 Å². The van der Waals surface area contributed by atoms with Gasteiger partial charge in [-0.15, -0.1) is 0 Å². The van der Waals surface area contributed by atoms with Gasteiger partial charge in [0.2, 0.25) is 0 Å².